The second kappa shape index (κ2) is 6.40. The molecule has 0 aliphatic carbocycles. The molecule has 126 valence electrons. The molecule has 1 aliphatic rings. The highest BCUT2D eigenvalue weighted by atomic mass is 32.2. The van der Waals surface area contributed by atoms with E-state index in [0.717, 1.165) is 18.5 Å². The van der Waals surface area contributed by atoms with Crippen molar-refractivity contribution in [2.24, 2.45) is 0 Å². The molecule has 2 aromatic carbocycles. The van der Waals surface area contributed by atoms with Crippen LogP contribution in [0.5, 0.6) is 0 Å². The van der Waals surface area contributed by atoms with E-state index < -0.39 is 15.1 Å². The summed E-state index contributed by atoms with van der Waals surface area (Å²) in [5.41, 5.74) is 2.64. The van der Waals surface area contributed by atoms with Crippen LogP contribution in [0.1, 0.15) is 36.2 Å². The second-order valence-electron chi connectivity index (χ2n) is 6.31. The largest absolute Gasteiger partial charge is 0.308 e. The number of carbonyl (C=O) groups excluding carboxylic acids is 1. The van der Waals surface area contributed by atoms with E-state index in [1.807, 2.05) is 24.3 Å². The Labute approximate surface area is 143 Å². The molecular weight excluding hydrogens is 322 g/mol. The van der Waals surface area contributed by atoms with Gasteiger partial charge in [0.2, 0.25) is 0 Å². The highest BCUT2D eigenvalue weighted by Gasteiger charge is 2.24. The SMILES string of the molecule is CC(C)S(=O)(=O)c1ccc(C(=O)N2CCCc3ccccc32)cc1. The van der Waals surface area contributed by atoms with Crippen LogP contribution >= 0.6 is 0 Å². The lowest BCUT2D eigenvalue weighted by atomic mass is 10.0. The number of hydrogen-bond donors (Lipinski definition) is 0. The van der Waals surface area contributed by atoms with Gasteiger partial charge in [-0.05, 0) is 62.6 Å². The maximum atomic E-state index is 12.8. The van der Waals surface area contributed by atoms with Crippen LogP contribution < -0.4 is 4.90 Å². The summed E-state index contributed by atoms with van der Waals surface area (Å²) in [7, 11) is -3.32. The number of nitrogens with zero attached hydrogens (tertiary/aromatic N) is 1. The van der Waals surface area contributed by atoms with E-state index in [9.17, 15) is 13.2 Å². The van der Waals surface area contributed by atoms with Gasteiger partial charge in [-0.3, -0.25) is 4.79 Å². The standard InChI is InChI=1S/C19H21NO3S/c1-14(2)24(22,23)17-11-9-16(10-12-17)19(21)20-13-5-7-15-6-3-4-8-18(15)20/h3-4,6,8-12,14H,5,7,13H2,1-2H3. The Morgan fingerprint density at radius 2 is 1.71 bits per heavy atom. The van der Waals surface area contributed by atoms with Gasteiger partial charge in [0.1, 0.15) is 0 Å². The van der Waals surface area contributed by atoms with Crippen LogP contribution in [0.25, 0.3) is 0 Å². The molecule has 0 aromatic heterocycles. The molecule has 0 saturated carbocycles. The van der Waals surface area contributed by atoms with Crippen molar-refractivity contribution in [3.8, 4) is 0 Å². The van der Waals surface area contributed by atoms with Gasteiger partial charge in [-0.2, -0.15) is 0 Å². The number of aryl methyl sites for hydroxylation is 1. The number of amides is 1. The summed E-state index contributed by atoms with van der Waals surface area (Å²) in [4.78, 5) is 14.9. The number of hydrogen-bond acceptors (Lipinski definition) is 3. The number of sulfone groups is 1. The van der Waals surface area contributed by atoms with Gasteiger partial charge < -0.3 is 4.90 Å². The first-order chi connectivity index (χ1) is 11.4. The molecule has 0 radical (unpaired) electrons. The molecular formula is C19H21NO3S. The molecule has 1 amide bonds. The van der Waals surface area contributed by atoms with E-state index in [-0.39, 0.29) is 10.8 Å². The third-order valence-electron chi connectivity index (χ3n) is 4.41. The molecule has 0 fully saturated rings. The topological polar surface area (TPSA) is 54.5 Å². The molecule has 24 heavy (non-hydrogen) atoms. The summed E-state index contributed by atoms with van der Waals surface area (Å²) < 4.78 is 24.4. The van der Waals surface area contributed by atoms with E-state index in [1.54, 1.807) is 30.9 Å². The van der Waals surface area contributed by atoms with Crippen molar-refractivity contribution in [1.82, 2.24) is 0 Å². The second-order valence-corrected chi connectivity index (χ2v) is 8.81. The minimum atomic E-state index is -3.32. The highest BCUT2D eigenvalue weighted by molar-refractivity contribution is 7.92. The third-order valence-corrected chi connectivity index (χ3v) is 6.58. The number of para-hydroxylation sites is 1. The third kappa shape index (κ3) is 2.96. The van der Waals surface area contributed by atoms with Crippen LogP contribution in [-0.4, -0.2) is 26.1 Å². The monoisotopic (exact) mass is 343 g/mol. The Bertz CT molecular complexity index is 854. The van der Waals surface area contributed by atoms with E-state index in [1.165, 1.54) is 17.7 Å². The lowest BCUT2D eigenvalue weighted by Gasteiger charge is -2.29. The fourth-order valence-electron chi connectivity index (χ4n) is 2.96. The molecule has 0 bridgehead atoms. The summed E-state index contributed by atoms with van der Waals surface area (Å²) in [6.45, 7) is 3.99. The maximum absolute atomic E-state index is 12.8. The van der Waals surface area contributed by atoms with Crippen LogP contribution in [0.4, 0.5) is 5.69 Å². The molecule has 1 heterocycles. The maximum Gasteiger partial charge on any atom is 0.258 e. The fraction of sp³-hybridized carbons (Fsp3) is 0.316. The van der Waals surface area contributed by atoms with Crippen molar-refractivity contribution < 1.29 is 13.2 Å². The van der Waals surface area contributed by atoms with Crippen molar-refractivity contribution in [2.75, 3.05) is 11.4 Å². The first-order valence-corrected chi connectivity index (χ1v) is 9.69. The molecule has 0 atom stereocenters. The van der Waals surface area contributed by atoms with Crippen molar-refractivity contribution in [3.63, 3.8) is 0 Å². The molecule has 0 spiro atoms. The van der Waals surface area contributed by atoms with Gasteiger partial charge in [-0.15, -0.1) is 0 Å². The molecule has 3 rings (SSSR count). The molecule has 0 saturated heterocycles. The molecule has 4 nitrogen and oxygen atoms in total. The van der Waals surface area contributed by atoms with Gasteiger partial charge in [0.05, 0.1) is 10.1 Å². The van der Waals surface area contributed by atoms with Gasteiger partial charge >= 0.3 is 0 Å². The quantitative estimate of drug-likeness (QED) is 0.857. The fourth-order valence-corrected chi connectivity index (χ4v) is 4.02. The van der Waals surface area contributed by atoms with Crippen LogP contribution in [0.15, 0.2) is 53.4 Å². The summed E-state index contributed by atoms with van der Waals surface area (Å²) in [6.07, 6.45) is 1.91. The van der Waals surface area contributed by atoms with Crippen LogP contribution in [0.2, 0.25) is 0 Å². The highest BCUT2D eigenvalue weighted by Crippen LogP contribution is 2.28. The van der Waals surface area contributed by atoms with E-state index in [2.05, 4.69) is 0 Å². The first-order valence-electron chi connectivity index (χ1n) is 8.15. The average molecular weight is 343 g/mol. The van der Waals surface area contributed by atoms with Crippen LogP contribution in [-0.2, 0) is 16.3 Å². The number of benzene rings is 2. The minimum Gasteiger partial charge on any atom is -0.308 e. The van der Waals surface area contributed by atoms with Gasteiger partial charge in [0, 0.05) is 17.8 Å². The van der Waals surface area contributed by atoms with Crippen LogP contribution in [0, 0.1) is 0 Å². The first kappa shape index (κ1) is 16.7. The van der Waals surface area contributed by atoms with E-state index in [4.69, 9.17) is 0 Å². The van der Waals surface area contributed by atoms with Gasteiger partial charge in [-0.25, -0.2) is 8.42 Å². The summed E-state index contributed by atoms with van der Waals surface area (Å²) in [6, 6.07) is 14.2. The molecule has 0 N–H and O–H groups in total. The van der Waals surface area contributed by atoms with Crippen molar-refractivity contribution in [3.05, 3.63) is 59.7 Å². The van der Waals surface area contributed by atoms with E-state index >= 15 is 0 Å². The number of carbonyl (C=O) groups is 1. The summed E-state index contributed by atoms with van der Waals surface area (Å²) >= 11 is 0. The Morgan fingerprint density at radius 1 is 1.04 bits per heavy atom. The van der Waals surface area contributed by atoms with Crippen molar-refractivity contribution in [1.29, 1.82) is 0 Å². The molecule has 2 aromatic rings. The average Bonchev–Trinajstić information content (AvgIpc) is 2.60. The molecule has 0 unspecified atom stereocenters. The zero-order valence-electron chi connectivity index (χ0n) is 13.9. The lowest BCUT2D eigenvalue weighted by Crippen LogP contribution is -2.35. The van der Waals surface area contributed by atoms with E-state index in [0.29, 0.717) is 12.1 Å². The predicted octanol–water partition coefficient (Wildman–Crippen LogP) is 3.46. The van der Waals surface area contributed by atoms with Gasteiger partial charge in [-0.1, -0.05) is 18.2 Å². The number of fused-ring (bicyclic) bond motifs is 1. The van der Waals surface area contributed by atoms with Crippen molar-refractivity contribution in [2.45, 2.75) is 36.8 Å². The zero-order valence-corrected chi connectivity index (χ0v) is 14.7. The normalized spacial score (nSPS) is 14.5. The smallest absolute Gasteiger partial charge is 0.258 e. The number of anilines is 1. The van der Waals surface area contributed by atoms with Crippen LogP contribution in [0.3, 0.4) is 0 Å². The Morgan fingerprint density at radius 3 is 2.38 bits per heavy atom. The van der Waals surface area contributed by atoms with Gasteiger partial charge in [0.25, 0.3) is 5.91 Å². The minimum absolute atomic E-state index is 0.0874. The Hall–Kier alpha value is -2.14. The predicted molar refractivity (Wildman–Crippen MR) is 95.2 cm³/mol. The zero-order chi connectivity index (χ0) is 17.3. The summed E-state index contributed by atoms with van der Waals surface area (Å²) in [5, 5.41) is -0.479. The molecule has 5 heteroatoms. The number of rotatable bonds is 3. The lowest BCUT2D eigenvalue weighted by molar-refractivity contribution is 0.0985. The molecule has 1 aliphatic heterocycles. The Kier molecular flexibility index (Phi) is 4.45. The van der Waals surface area contributed by atoms with Gasteiger partial charge in [0.15, 0.2) is 9.84 Å². The summed E-state index contributed by atoms with van der Waals surface area (Å²) in [5.74, 6) is -0.0874. The Balaban J connectivity index is 1.90. The van der Waals surface area contributed by atoms with Crippen molar-refractivity contribution >= 4 is 21.4 Å².